The van der Waals surface area contributed by atoms with Gasteiger partial charge in [-0.1, -0.05) is 18.2 Å². The molecule has 0 bridgehead atoms. The van der Waals surface area contributed by atoms with Gasteiger partial charge in [0, 0.05) is 50.2 Å². The highest BCUT2D eigenvalue weighted by Crippen LogP contribution is 2.20. The van der Waals surface area contributed by atoms with Crippen molar-refractivity contribution in [2.24, 2.45) is 0 Å². The number of anilines is 1. The molecule has 1 aromatic carbocycles. The van der Waals surface area contributed by atoms with Crippen molar-refractivity contribution in [2.45, 2.75) is 6.42 Å². The number of carbonyl (C=O) groups is 1. The van der Waals surface area contributed by atoms with Gasteiger partial charge < -0.3 is 14.5 Å². The molecule has 8 nitrogen and oxygen atoms in total. The van der Waals surface area contributed by atoms with E-state index >= 15 is 0 Å². The Morgan fingerprint density at radius 1 is 1.07 bits per heavy atom. The third-order valence-corrected chi connectivity index (χ3v) is 4.87. The number of benzene rings is 1. The lowest BCUT2D eigenvalue weighted by molar-refractivity contribution is -0.130. The maximum atomic E-state index is 12.7. The molecule has 0 atom stereocenters. The summed E-state index contributed by atoms with van der Waals surface area (Å²) in [5, 5.41) is 4.21. The SMILES string of the molecule is COc1ccccc1CC(=O)N1CCN(c2cc(-n3cccn3)ncn2)CC1. The van der Waals surface area contributed by atoms with Crippen molar-refractivity contribution in [3.8, 4) is 11.6 Å². The fourth-order valence-electron chi connectivity index (χ4n) is 3.35. The molecule has 1 aliphatic rings. The number of rotatable bonds is 5. The van der Waals surface area contributed by atoms with E-state index in [1.54, 1.807) is 24.3 Å². The number of nitrogens with zero attached hydrogens (tertiary/aromatic N) is 6. The molecule has 1 fully saturated rings. The van der Waals surface area contributed by atoms with E-state index in [9.17, 15) is 4.79 Å². The van der Waals surface area contributed by atoms with Gasteiger partial charge in [0.25, 0.3) is 0 Å². The summed E-state index contributed by atoms with van der Waals surface area (Å²) in [5.41, 5.74) is 0.914. The molecular weight excluding hydrogens is 356 g/mol. The minimum Gasteiger partial charge on any atom is -0.496 e. The van der Waals surface area contributed by atoms with E-state index in [-0.39, 0.29) is 5.91 Å². The number of piperazine rings is 1. The second-order valence-electron chi connectivity index (χ2n) is 6.54. The second kappa shape index (κ2) is 8.08. The Labute approximate surface area is 163 Å². The van der Waals surface area contributed by atoms with Crippen molar-refractivity contribution < 1.29 is 9.53 Å². The highest BCUT2D eigenvalue weighted by atomic mass is 16.5. The lowest BCUT2D eigenvalue weighted by Gasteiger charge is -2.35. The predicted octanol–water partition coefficient (Wildman–Crippen LogP) is 1.56. The Morgan fingerprint density at radius 3 is 2.61 bits per heavy atom. The number of hydrogen-bond acceptors (Lipinski definition) is 6. The molecule has 0 N–H and O–H groups in total. The first-order valence-electron chi connectivity index (χ1n) is 9.21. The van der Waals surface area contributed by atoms with Crippen molar-refractivity contribution in [3.05, 3.63) is 60.7 Å². The van der Waals surface area contributed by atoms with Crippen molar-refractivity contribution in [1.29, 1.82) is 0 Å². The molecule has 3 aromatic rings. The highest BCUT2D eigenvalue weighted by molar-refractivity contribution is 5.79. The van der Waals surface area contributed by atoms with Gasteiger partial charge in [0.05, 0.1) is 13.5 Å². The number of carbonyl (C=O) groups excluding carboxylic acids is 1. The molecule has 0 spiro atoms. The molecule has 3 heterocycles. The van der Waals surface area contributed by atoms with Gasteiger partial charge in [-0.2, -0.15) is 5.10 Å². The van der Waals surface area contributed by atoms with E-state index in [0.717, 1.165) is 36.0 Å². The molecule has 1 aliphatic heterocycles. The number of hydrogen-bond donors (Lipinski definition) is 0. The van der Waals surface area contributed by atoms with Crippen LogP contribution in [0.15, 0.2) is 55.1 Å². The average molecular weight is 378 g/mol. The maximum absolute atomic E-state index is 12.7. The molecule has 0 aliphatic carbocycles. The third kappa shape index (κ3) is 3.80. The quantitative estimate of drug-likeness (QED) is 0.671. The van der Waals surface area contributed by atoms with Crippen LogP contribution in [0.25, 0.3) is 5.82 Å². The normalized spacial score (nSPS) is 14.2. The standard InChI is InChI=1S/C20H22N6O2/c1-28-17-6-3-2-5-16(17)13-20(27)25-11-9-24(10-12-25)18-14-19(22-15-21-18)26-8-4-7-23-26/h2-8,14-15H,9-13H2,1H3. The van der Waals surface area contributed by atoms with E-state index in [1.807, 2.05) is 47.5 Å². The summed E-state index contributed by atoms with van der Waals surface area (Å²) in [6.45, 7) is 2.78. The number of amides is 1. The summed E-state index contributed by atoms with van der Waals surface area (Å²) >= 11 is 0. The van der Waals surface area contributed by atoms with E-state index in [2.05, 4.69) is 20.0 Å². The van der Waals surface area contributed by atoms with Gasteiger partial charge in [-0.15, -0.1) is 0 Å². The largest absolute Gasteiger partial charge is 0.496 e. The summed E-state index contributed by atoms with van der Waals surface area (Å²) in [4.78, 5) is 25.4. The minimum absolute atomic E-state index is 0.115. The Balaban J connectivity index is 1.38. The van der Waals surface area contributed by atoms with Crippen LogP contribution in [-0.4, -0.2) is 63.8 Å². The lowest BCUT2D eigenvalue weighted by Crippen LogP contribution is -2.49. The lowest BCUT2D eigenvalue weighted by atomic mass is 10.1. The Hall–Kier alpha value is -3.42. The van der Waals surface area contributed by atoms with Crippen LogP contribution in [0.3, 0.4) is 0 Å². The van der Waals surface area contributed by atoms with Crippen molar-refractivity contribution in [2.75, 3.05) is 38.2 Å². The van der Waals surface area contributed by atoms with Gasteiger partial charge in [-0.3, -0.25) is 4.79 Å². The van der Waals surface area contributed by atoms with Crippen LogP contribution in [0.1, 0.15) is 5.56 Å². The summed E-state index contributed by atoms with van der Waals surface area (Å²) in [7, 11) is 1.63. The monoisotopic (exact) mass is 378 g/mol. The van der Waals surface area contributed by atoms with E-state index in [1.165, 1.54) is 0 Å². The highest BCUT2D eigenvalue weighted by Gasteiger charge is 2.23. The fraction of sp³-hybridized carbons (Fsp3) is 0.300. The topological polar surface area (TPSA) is 76.4 Å². The van der Waals surface area contributed by atoms with Crippen LogP contribution in [0.4, 0.5) is 5.82 Å². The van der Waals surface area contributed by atoms with E-state index < -0.39 is 0 Å². The van der Waals surface area contributed by atoms with E-state index in [4.69, 9.17) is 4.74 Å². The summed E-state index contributed by atoms with van der Waals surface area (Å²) in [6, 6.07) is 11.4. The Bertz CT molecular complexity index is 935. The van der Waals surface area contributed by atoms with Gasteiger partial charge in [0.2, 0.25) is 5.91 Å². The van der Waals surface area contributed by atoms with Gasteiger partial charge in [-0.25, -0.2) is 14.6 Å². The molecule has 2 aromatic heterocycles. The van der Waals surface area contributed by atoms with Gasteiger partial charge in [-0.05, 0) is 12.1 Å². The van der Waals surface area contributed by atoms with Crippen molar-refractivity contribution >= 4 is 11.7 Å². The van der Waals surface area contributed by atoms with Crippen LogP contribution in [0, 0.1) is 0 Å². The van der Waals surface area contributed by atoms with E-state index in [0.29, 0.717) is 19.5 Å². The number of ether oxygens (including phenoxy) is 1. The molecular formula is C20H22N6O2. The maximum Gasteiger partial charge on any atom is 0.227 e. The minimum atomic E-state index is 0.115. The first-order valence-corrected chi connectivity index (χ1v) is 9.21. The second-order valence-corrected chi connectivity index (χ2v) is 6.54. The first-order chi connectivity index (χ1) is 13.7. The molecule has 28 heavy (non-hydrogen) atoms. The molecule has 4 rings (SSSR count). The molecule has 144 valence electrons. The zero-order chi connectivity index (χ0) is 19.3. The molecule has 1 amide bonds. The molecule has 0 unspecified atom stereocenters. The molecule has 1 saturated heterocycles. The smallest absolute Gasteiger partial charge is 0.227 e. The summed E-state index contributed by atoms with van der Waals surface area (Å²) < 4.78 is 7.06. The average Bonchev–Trinajstić information content (AvgIpc) is 3.29. The van der Waals surface area contributed by atoms with Gasteiger partial charge >= 0.3 is 0 Å². The third-order valence-electron chi connectivity index (χ3n) is 4.87. The Morgan fingerprint density at radius 2 is 1.86 bits per heavy atom. The Kier molecular flexibility index (Phi) is 5.18. The zero-order valence-electron chi connectivity index (χ0n) is 15.7. The number of para-hydroxylation sites is 1. The molecule has 0 radical (unpaired) electrons. The number of aromatic nitrogens is 4. The van der Waals surface area contributed by atoms with Crippen molar-refractivity contribution in [3.63, 3.8) is 0 Å². The summed E-state index contributed by atoms with van der Waals surface area (Å²) in [5.74, 6) is 2.44. The van der Waals surface area contributed by atoms with Crippen LogP contribution in [-0.2, 0) is 11.2 Å². The van der Waals surface area contributed by atoms with Gasteiger partial charge in [0.15, 0.2) is 5.82 Å². The predicted molar refractivity (Wildman–Crippen MR) is 105 cm³/mol. The van der Waals surface area contributed by atoms with Gasteiger partial charge in [0.1, 0.15) is 17.9 Å². The summed E-state index contributed by atoms with van der Waals surface area (Å²) in [6.07, 6.45) is 5.46. The molecule has 8 heteroatoms. The van der Waals surface area contributed by atoms with Crippen LogP contribution < -0.4 is 9.64 Å². The van der Waals surface area contributed by atoms with Crippen LogP contribution in [0.2, 0.25) is 0 Å². The van der Waals surface area contributed by atoms with Crippen LogP contribution >= 0.6 is 0 Å². The number of methoxy groups -OCH3 is 1. The van der Waals surface area contributed by atoms with Crippen molar-refractivity contribution in [1.82, 2.24) is 24.6 Å². The first kappa shape index (κ1) is 18.0. The zero-order valence-corrected chi connectivity index (χ0v) is 15.7. The molecule has 0 saturated carbocycles. The van der Waals surface area contributed by atoms with Crippen LogP contribution in [0.5, 0.6) is 5.75 Å². The fourth-order valence-corrected chi connectivity index (χ4v) is 3.35.